The van der Waals surface area contributed by atoms with Crippen LogP contribution in [0.25, 0.3) is 0 Å². The van der Waals surface area contributed by atoms with Crippen LogP contribution in [0.15, 0.2) is 12.1 Å². The molecule has 1 aromatic carbocycles. The molecule has 3 heteroatoms. The Morgan fingerprint density at radius 3 is 2.62 bits per heavy atom. The Morgan fingerprint density at radius 1 is 1.31 bits per heavy atom. The molecule has 1 atom stereocenters. The largest absolute Gasteiger partial charge is 0.308 e. The van der Waals surface area contributed by atoms with Gasteiger partial charge in [0, 0.05) is 17.2 Å². The van der Waals surface area contributed by atoms with Crippen LogP contribution in [0.1, 0.15) is 37.8 Å². The summed E-state index contributed by atoms with van der Waals surface area (Å²) in [5.41, 5.74) is 0.858. The van der Waals surface area contributed by atoms with Gasteiger partial charge in [-0.1, -0.05) is 6.92 Å². The smallest absolute Gasteiger partial charge is 0.131 e. The molecule has 1 aromatic rings. The first-order valence-corrected chi connectivity index (χ1v) is 5.80. The van der Waals surface area contributed by atoms with Gasteiger partial charge in [0.2, 0.25) is 0 Å². The molecule has 1 unspecified atom stereocenters. The molecule has 0 radical (unpaired) electrons. The molecular formula is C13H17F2N. The number of halogens is 2. The van der Waals surface area contributed by atoms with Gasteiger partial charge in [-0.05, 0) is 44.4 Å². The lowest BCUT2D eigenvalue weighted by molar-refractivity contribution is 0.407. The molecule has 1 nitrogen and oxygen atoms in total. The predicted molar refractivity (Wildman–Crippen MR) is 60.3 cm³/mol. The second-order valence-corrected chi connectivity index (χ2v) is 4.64. The molecule has 1 saturated heterocycles. The van der Waals surface area contributed by atoms with Gasteiger partial charge >= 0.3 is 0 Å². The lowest BCUT2D eigenvalue weighted by Crippen LogP contribution is -2.34. The van der Waals surface area contributed by atoms with E-state index in [9.17, 15) is 8.78 Å². The predicted octanol–water partition coefficient (Wildman–Crippen LogP) is 3.13. The first-order chi connectivity index (χ1) is 7.57. The second-order valence-electron chi connectivity index (χ2n) is 4.64. The van der Waals surface area contributed by atoms with Crippen LogP contribution in [0.2, 0.25) is 0 Å². The number of nitrogens with one attached hydrogen (secondary N) is 1. The van der Waals surface area contributed by atoms with Crippen LogP contribution in [-0.2, 0) is 12.0 Å². The van der Waals surface area contributed by atoms with Crippen molar-refractivity contribution in [3.63, 3.8) is 0 Å². The van der Waals surface area contributed by atoms with Crippen molar-refractivity contribution < 1.29 is 8.78 Å². The zero-order valence-corrected chi connectivity index (χ0v) is 9.74. The molecule has 16 heavy (non-hydrogen) atoms. The highest BCUT2D eigenvalue weighted by Crippen LogP contribution is 2.33. The molecule has 0 aliphatic carbocycles. The Kier molecular flexibility index (Phi) is 2.98. The van der Waals surface area contributed by atoms with Crippen molar-refractivity contribution in [1.82, 2.24) is 5.32 Å². The molecule has 0 bridgehead atoms. The van der Waals surface area contributed by atoms with Gasteiger partial charge in [0.15, 0.2) is 0 Å². The normalized spacial score (nSPS) is 25.0. The fourth-order valence-electron chi connectivity index (χ4n) is 2.41. The highest BCUT2D eigenvalue weighted by Gasteiger charge is 2.33. The van der Waals surface area contributed by atoms with Gasteiger partial charge in [-0.25, -0.2) is 8.78 Å². The topological polar surface area (TPSA) is 12.0 Å². The number of benzene rings is 1. The first kappa shape index (κ1) is 11.5. The van der Waals surface area contributed by atoms with E-state index in [-0.39, 0.29) is 5.54 Å². The average molecular weight is 225 g/mol. The third-order valence-electron chi connectivity index (χ3n) is 3.48. The van der Waals surface area contributed by atoms with E-state index in [4.69, 9.17) is 0 Å². The maximum absolute atomic E-state index is 13.8. The molecule has 0 aromatic heterocycles. The molecule has 1 aliphatic rings. The fourth-order valence-corrected chi connectivity index (χ4v) is 2.41. The van der Waals surface area contributed by atoms with E-state index >= 15 is 0 Å². The molecular weight excluding hydrogens is 208 g/mol. The summed E-state index contributed by atoms with van der Waals surface area (Å²) >= 11 is 0. The summed E-state index contributed by atoms with van der Waals surface area (Å²) in [7, 11) is 0. The highest BCUT2D eigenvalue weighted by atomic mass is 19.1. The van der Waals surface area contributed by atoms with E-state index in [2.05, 4.69) is 5.32 Å². The van der Waals surface area contributed by atoms with Crippen molar-refractivity contribution >= 4 is 0 Å². The summed E-state index contributed by atoms with van der Waals surface area (Å²) < 4.78 is 27.2. The minimum absolute atomic E-state index is 0.332. The molecule has 1 fully saturated rings. The second kappa shape index (κ2) is 4.13. The van der Waals surface area contributed by atoms with Crippen LogP contribution in [0.3, 0.4) is 0 Å². The molecule has 0 spiro atoms. The molecule has 0 saturated carbocycles. The van der Waals surface area contributed by atoms with Crippen LogP contribution in [0.5, 0.6) is 0 Å². The summed E-state index contributed by atoms with van der Waals surface area (Å²) in [6.07, 6.45) is 2.53. The van der Waals surface area contributed by atoms with Crippen LogP contribution in [-0.4, -0.2) is 6.54 Å². The summed E-state index contributed by atoms with van der Waals surface area (Å²) in [5, 5.41) is 3.30. The number of aryl methyl sites for hydroxylation is 1. The quantitative estimate of drug-likeness (QED) is 0.815. The number of hydrogen-bond donors (Lipinski definition) is 1. The molecule has 1 aliphatic heterocycles. The van der Waals surface area contributed by atoms with Gasteiger partial charge in [-0.3, -0.25) is 0 Å². The van der Waals surface area contributed by atoms with Gasteiger partial charge < -0.3 is 5.32 Å². The summed E-state index contributed by atoms with van der Waals surface area (Å²) in [6.45, 7) is 4.76. The third-order valence-corrected chi connectivity index (χ3v) is 3.48. The van der Waals surface area contributed by atoms with Crippen LogP contribution >= 0.6 is 0 Å². The summed E-state index contributed by atoms with van der Waals surface area (Å²) in [6, 6.07) is 2.68. The van der Waals surface area contributed by atoms with Crippen molar-refractivity contribution in [2.45, 2.75) is 38.6 Å². The zero-order valence-electron chi connectivity index (χ0n) is 9.74. The van der Waals surface area contributed by atoms with Crippen LogP contribution < -0.4 is 5.32 Å². The minimum atomic E-state index is -0.439. The van der Waals surface area contributed by atoms with E-state index in [1.54, 1.807) is 6.07 Å². The average Bonchev–Trinajstić information content (AvgIpc) is 2.66. The Labute approximate surface area is 94.9 Å². The van der Waals surface area contributed by atoms with E-state index in [1.807, 2.05) is 13.8 Å². The molecule has 88 valence electrons. The molecule has 0 amide bonds. The van der Waals surface area contributed by atoms with Crippen molar-refractivity contribution in [2.75, 3.05) is 6.54 Å². The van der Waals surface area contributed by atoms with Crippen molar-refractivity contribution in [3.8, 4) is 0 Å². The maximum atomic E-state index is 13.8. The molecule has 1 heterocycles. The Bertz CT molecular complexity index is 395. The zero-order chi connectivity index (χ0) is 11.8. The Morgan fingerprint density at radius 2 is 2.06 bits per heavy atom. The van der Waals surface area contributed by atoms with Crippen molar-refractivity contribution in [1.29, 1.82) is 0 Å². The van der Waals surface area contributed by atoms with E-state index < -0.39 is 11.6 Å². The Hall–Kier alpha value is -0.960. The van der Waals surface area contributed by atoms with Gasteiger partial charge in [0.05, 0.1) is 0 Å². The van der Waals surface area contributed by atoms with Crippen molar-refractivity contribution in [3.05, 3.63) is 34.9 Å². The van der Waals surface area contributed by atoms with E-state index in [0.717, 1.165) is 25.5 Å². The van der Waals surface area contributed by atoms with E-state index in [0.29, 0.717) is 17.5 Å². The Balaban J connectivity index is 2.47. The molecule has 2 rings (SSSR count). The van der Waals surface area contributed by atoms with Gasteiger partial charge in [0.25, 0.3) is 0 Å². The standard InChI is InChI=1S/C13H17F2N/c1-3-9-7-10(12(15)8-11(9)14)13(2)5-4-6-16-13/h7-8,16H,3-6H2,1-2H3. The van der Waals surface area contributed by atoms with Crippen LogP contribution in [0.4, 0.5) is 8.78 Å². The molecule has 1 N–H and O–H groups in total. The van der Waals surface area contributed by atoms with Crippen molar-refractivity contribution in [2.24, 2.45) is 0 Å². The monoisotopic (exact) mass is 225 g/mol. The third kappa shape index (κ3) is 1.84. The lowest BCUT2D eigenvalue weighted by atomic mass is 9.88. The van der Waals surface area contributed by atoms with E-state index in [1.165, 1.54) is 0 Å². The van der Waals surface area contributed by atoms with Crippen LogP contribution in [0, 0.1) is 11.6 Å². The SMILES string of the molecule is CCc1cc(C2(C)CCCN2)c(F)cc1F. The van der Waals surface area contributed by atoms with Gasteiger partial charge in [0.1, 0.15) is 11.6 Å². The van der Waals surface area contributed by atoms with Gasteiger partial charge in [-0.2, -0.15) is 0 Å². The maximum Gasteiger partial charge on any atom is 0.131 e. The summed E-state index contributed by atoms with van der Waals surface area (Å²) in [5.74, 6) is -0.878. The number of hydrogen-bond acceptors (Lipinski definition) is 1. The number of rotatable bonds is 2. The summed E-state index contributed by atoms with van der Waals surface area (Å²) in [4.78, 5) is 0. The van der Waals surface area contributed by atoms with Gasteiger partial charge in [-0.15, -0.1) is 0 Å². The fraction of sp³-hybridized carbons (Fsp3) is 0.538. The lowest BCUT2D eigenvalue weighted by Gasteiger charge is -2.26. The minimum Gasteiger partial charge on any atom is -0.308 e. The first-order valence-electron chi connectivity index (χ1n) is 5.80. The highest BCUT2D eigenvalue weighted by molar-refractivity contribution is 5.32.